The molecule has 0 aliphatic rings. The molecule has 0 aliphatic heterocycles. The molecular formula is C20H19F3N4O3. The predicted molar refractivity (Wildman–Crippen MR) is 104 cm³/mol. The highest BCUT2D eigenvalue weighted by atomic mass is 19.4. The van der Waals surface area contributed by atoms with Crippen molar-refractivity contribution in [3.63, 3.8) is 0 Å². The first-order chi connectivity index (χ1) is 14.0. The summed E-state index contributed by atoms with van der Waals surface area (Å²) in [6.45, 7) is 3.09. The van der Waals surface area contributed by atoms with Crippen molar-refractivity contribution in [2.24, 2.45) is 7.05 Å². The van der Waals surface area contributed by atoms with E-state index in [1.165, 1.54) is 50.0 Å². The summed E-state index contributed by atoms with van der Waals surface area (Å²) in [6.07, 6.45) is -3.32. The van der Waals surface area contributed by atoms with E-state index in [0.29, 0.717) is 11.5 Å². The van der Waals surface area contributed by atoms with Crippen molar-refractivity contribution in [2.45, 2.75) is 26.1 Å². The van der Waals surface area contributed by atoms with Crippen molar-refractivity contribution in [3.05, 3.63) is 63.5 Å². The lowest BCUT2D eigenvalue weighted by molar-refractivity contribution is -0.138. The Balaban J connectivity index is 2.06. The summed E-state index contributed by atoms with van der Waals surface area (Å²) < 4.78 is 47.1. The second-order valence-electron chi connectivity index (χ2n) is 6.77. The van der Waals surface area contributed by atoms with Gasteiger partial charge in [0, 0.05) is 13.1 Å². The van der Waals surface area contributed by atoms with Gasteiger partial charge in [0.15, 0.2) is 0 Å². The van der Waals surface area contributed by atoms with Gasteiger partial charge in [0.25, 0.3) is 5.56 Å². The standard InChI is InChI=1S/C20H19F3N4O3/c1-10(25-12-5-6-16(24-9-12)19(29)30-4)13-7-14-17(8-15(13)20(21,22)23)26-11(2)27(3)18(14)28/h5-10,25H,1-4H3. The average molecular weight is 420 g/mol. The number of esters is 1. The van der Waals surface area contributed by atoms with Crippen LogP contribution in [-0.4, -0.2) is 27.6 Å². The van der Waals surface area contributed by atoms with Crippen molar-refractivity contribution in [1.82, 2.24) is 14.5 Å². The zero-order valence-electron chi connectivity index (χ0n) is 16.7. The molecular weight excluding hydrogens is 401 g/mol. The van der Waals surface area contributed by atoms with Crippen molar-refractivity contribution in [3.8, 4) is 0 Å². The van der Waals surface area contributed by atoms with Crippen LogP contribution in [0, 0.1) is 6.92 Å². The number of halogens is 3. The van der Waals surface area contributed by atoms with Crippen molar-refractivity contribution >= 4 is 22.6 Å². The van der Waals surface area contributed by atoms with Crippen LogP contribution >= 0.6 is 0 Å². The van der Waals surface area contributed by atoms with Crippen LogP contribution in [0.2, 0.25) is 0 Å². The SMILES string of the molecule is COC(=O)c1ccc(NC(C)c2cc3c(=O)n(C)c(C)nc3cc2C(F)(F)F)cn1. The third-order valence-electron chi connectivity index (χ3n) is 4.78. The number of rotatable bonds is 4. The summed E-state index contributed by atoms with van der Waals surface area (Å²) in [7, 11) is 2.73. The fraction of sp³-hybridized carbons (Fsp3) is 0.300. The Hall–Kier alpha value is -3.43. The Bertz CT molecular complexity index is 1170. The first kappa shape index (κ1) is 21.3. The first-order valence-corrected chi connectivity index (χ1v) is 8.92. The number of alkyl halides is 3. The molecule has 2 aromatic heterocycles. The quantitative estimate of drug-likeness (QED) is 0.649. The van der Waals surface area contributed by atoms with Crippen LogP contribution in [0.15, 0.2) is 35.3 Å². The van der Waals surface area contributed by atoms with Crippen LogP contribution in [0.1, 0.15) is 40.4 Å². The molecule has 30 heavy (non-hydrogen) atoms. The van der Waals surface area contributed by atoms with E-state index in [1.54, 1.807) is 6.92 Å². The van der Waals surface area contributed by atoms with Crippen LogP contribution in [-0.2, 0) is 18.0 Å². The molecule has 1 N–H and O–H groups in total. The van der Waals surface area contributed by atoms with Gasteiger partial charge in [0.2, 0.25) is 0 Å². The molecule has 158 valence electrons. The Labute approximate surface area is 169 Å². The Morgan fingerprint density at radius 3 is 2.53 bits per heavy atom. The molecule has 10 heteroatoms. The number of aromatic nitrogens is 3. The molecule has 0 amide bonds. The highest BCUT2D eigenvalue weighted by Crippen LogP contribution is 2.37. The minimum absolute atomic E-state index is 0.0111. The molecule has 0 bridgehead atoms. The van der Waals surface area contributed by atoms with Crippen LogP contribution in [0.5, 0.6) is 0 Å². The number of aryl methyl sites for hydroxylation is 1. The van der Waals surface area contributed by atoms with E-state index < -0.39 is 29.3 Å². The highest BCUT2D eigenvalue weighted by molar-refractivity contribution is 5.87. The molecule has 0 saturated heterocycles. The van der Waals surface area contributed by atoms with E-state index in [4.69, 9.17) is 0 Å². The lowest BCUT2D eigenvalue weighted by Gasteiger charge is -2.21. The molecule has 0 fully saturated rings. The number of nitrogens with zero attached hydrogens (tertiary/aromatic N) is 3. The molecule has 0 saturated carbocycles. The fourth-order valence-electron chi connectivity index (χ4n) is 3.08. The Morgan fingerprint density at radius 2 is 1.97 bits per heavy atom. The number of fused-ring (bicyclic) bond motifs is 1. The van der Waals surface area contributed by atoms with E-state index in [9.17, 15) is 22.8 Å². The molecule has 3 aromatic rings. The second-order valence-corrected chi connectivity index (χ2v) is 6.77. The zero-order valence-corrected chi connectivity index (χ0v) is 16.7. The van der Waals surface area contributed by atoms with Gasteiger partial charge < -0.3 is 10.1 Å². The monoisotopic (exact) mass is 420 g/mol. The summed E-state index contributed by atoms with van der Waals surface area (Å²) in [6, 6.07) is 4.21. The smallest absolute Gasteiger partial charge is 0.416 e. The Kier molecular flexibility index (Phi) is 5.51. The van der Waals surface area contributed by atoms with Gasteiger partial charge in [-0.05, 0) is 43.7 Å². The zero-order chi connectivity index (χ0) is 22.2. The third kappa shape index (κ3) is 3.98. The summed E-state index contributed by atoms with van der Waals surface area (Å²) >= 11 is 0. The summed E-state index contributed by atoms with van der Waals surface area (Å²) in [5.41, 5.74) is -0.948. The van der Waals surface area contributed by atoms with E-state index in [-0.39, 0.29) is 22.2 Å². The largest absolute Gasteiger partial charge is 0.464 e. The van der Waals surface area contributed by atoms with Gasteiger partial charge >= 0.3 is 12.1 Å². The fourth-order valence-corrected chi connectivity index (χ4v) is 3.08. The van der Waals surface area contributed by atoms with Crippen LogP contribution in [0.25, 0.3) is 10.9 Å². The summed E-state index contributed by atoms with van der Waals surface area (Å²) in [5.74, 6) is -0.307. The second kappa shape index (κ2) is 7.77. The van der Waals surface area contributed by atoms with Gasteiger partial charge in [-0.15, -0.1) is 0 Å². The molecule has 2 heterocycles. The molecule has 0 spiro atoms. The van der Waals surface area contributed by atoms with Gasteiger partial charge in [-0.3, -0.25) is 9.36 Å². The summed E-state index contributed by atoms with van der Waals surface area (Å²) in [5, 5.41) is 3.02. The molecule has 7 nitrogen and oxygen atoms in total. The average Bonchev–Trinajstić information content (AvgIpc) is 2.70. The molecule has 0 radical (unpaired) electrons. The van der Waals surface area contributed by atoms with Gasteiger partial charge in [-0.2, -0.15) is 13.2 Å². The van der Waals surface area contributed by atoms with Crippen LogP contribution in [0.3, 0.4) is 0 Å². The van der Waals surface area contributed by atoms with Crippen molar-refractivity contribution in [1.29, 1.82) is 0 Å². The number of nitrogens with one attached hydrogen (secondary N) is 1. The maximum atomic E-state index is 13.7. The van der Waals surface area contributed by atoms with Gasteiger partial charge in [-0.1, -0.05) is 0 Å². The third-order valence-corrected chi connectivity index (χ3v) is 4.78. The highest BCUT2D eigenvalue weighted by Gasteiger charge is 2.35. The molecule has 1 unspecified atom stereocenters. The number of carbonyl (C=O) groups is 1. The molecule has 1 atom stereocenters. The van der Waals surface area contributed by atoms with E-state index in [0.717, 1.165) is 6.07 Å². The normalized spacial score (nSPS) is 12.6. The summed E-state index contributed by atoms with van der Waals surface area (Å²) in [4.78, 5) is 32.1. The minimum Gasteiger partial charge on any atom is -0.464 e. The minimum atomic E-state index is -4.64. The number of benzene rings is 1. The predicted octanol–water partition coefficient (Wildman–Crippen LogP) is 3.62. The molecule has 0 aliphatic carbocycles. The van der Waals surface area contributed by atoms with E-state index in [2.05, 4.69) is 20.0 Å². The van der Waals surface area contributed by atoms with Gasteiger partial charge in [0.05, 0.1) is 35.5 Å². The van der Waals surface area contributed by atoms with Crippen LogP contribution in [0.4, 0.5) is 18.9 Å². The first-order valence-electron chi connectivity index (χ1n) is 8.92. The number of carbonyl (C=O) groups excluding carboxylic acids is 1. The number of anilines is 1. The van der Waals surface area contributed by atoms with E-state index >= 15 is 0 Å². The number of methoxy groups -OCH3 is 1. The number of hydrogen-bond acceptors (Lipinski definition) is 6. The number of ether oxygens (including phenoxy) is 1. The maximum Gasteiger partial charge on any atom is 0.416 e. The maximum absolute atomic E-state index is 13.7. The Morgan fingerprint density at radius 1 is 1.27 bits per heavy atom. The van der Waals surface area contributed by atoms with Crippen molar-refractivity contribution < 1.29 is 22.7 Å². The van der Waals surface area contributed by atoms with Gasteiger partial charge in [-0.25, -0.2) is 14.8 Å². The molecule has 1 aromatic carbocycles. The van der Waals surface area contributed by atoms with Crippen molar-refractivity contribution in [2.75, 3.05) is 12.4 Å². The van der Waals surface area contributed by atoms with Gasteiger partial charge in [0.1, 0.15) is 11.5 Å². The van der Waals surface area contributed by atoms with E-state index in [1.807, 2.05) is 0 Å². The number of pyridine rings is 1. The molecule has 3 rings (SSSR count). The number of hydrogen-bond donors (Lipinski definition) is 1. The lowest BCUT2D eigenvalue weighted by atomic mass is 9.98. The topological polar surface area (TPSA) is 86.1 Å². The lowest BCUT2D eigenvalue weighted by Crippen LogP contribution is -2.22. The van der Waals surface area contributed by atoms with Crippen LogP contribution < -0.4 is 10.9 Å².